The first kappa shape index (κ1) is 40.1. The van der Waals surface area contributed by atoms with Gasteiger partial charge in [0.15, 0.2) is 17.5 Å². The van der Waals surface area contributed by atoms with Gasteiger partial charge in [-0.3, -0.25) is 0 Å². The summed E-state index contributed by atoms with van der Waals surface area (Å²) in [6.45, 7) is 0. The molecule has 4 nitrogen and oxygen atoms in total. The molecule has 13 aromatic rings. The number of para-hydroxylation sites is 2. The molecule has 0 spiro atoms. The van der Waals surface area contributed by atoms with E-state index in [1.54, 1.807) is 0 Å². The maximum absolute atomic E-state index is 6.52. The average Bonchev–Trinajstić information content (AvgIpc) is 3.82. The fraction of sp³-hybridized carbons (Fsp3) is 0. The molecule has 0 amide bonds. The van der Waals surface area contributed by atoms with Crippen LogP contribution in [0.25, 0.3) is 133 Å². The molecule has 0 radical (unpaired) electrons. The third-order valence-corrected chi connectivity index (χ3v) is 13.4. The Labute approximate surface area is 399 Å². The fourth-order valence-corrected chi connectivity index (χ4v) is 10.2. The van der Waals surface area contributed by atoms with Gasteiger partial charge in [0.05, 0.1) is 0 Å². The summed E-state index contributed by atoms with van der Waals surface area (Å²) in [4.78, 5) is 15.7. The van der Waals surface area contributed by atoms with Crippen LogP contribution in [0.15, 0.2) is 253 Å². The molecule has 0 aliphatic carbocycles. The van der Waals surface area contributed by atoms with E-state index in [1.807, 2.05) is 24.3 Å². The largest absolute Gasteiger partial charge is 0.455 e. The van der Waals surface area contributed by atoms with Crippen molar-refractivity contribution in [2.75, 3.05) is 0 Å². The van der Waals surface area contributed by atoms with Gasteiger partial charge in [0.2, 0.25) is 0 Å². The second-order valence-corrected chi connectivity index (χ2v) is 17.4. The van der Waals surface area contributed by atoms with Gasteiger partial charge in [-0.25, -0.2) is 15.0 Å². The molecule has 2 aromatic heterocycles. The van der Waals surface area contributed by atoms with Gasteiger partial charge in [0.25, 0.3) is 0 Å². The lowest BCUT2D eigenvalue weighted by molar-refractivity contribution is 0.670. The molecule has 2 heterocycles. The predicted octanol–water partition coefficient (Wildman–Crippen LogP) is 17.4. The lowest BCUT2D eigenvalue weighted by Crippen LogP contribution is -2.02. The maximum Gasteiger partial charge on any atom is 0.164 e. The van der Waals surface area contributed by atoms with Crippen molar-refractivity contribution < 1.29 is 4.42 Å². The minimum Gasteiger partial charge on any atom is -0.455 e. The van der Waals surface area contributed by atoms with Crippen LogP contribution in [0.4, 0.5) is 0 Å². The predicted molar refractivity (Wildman–Crippen MR) is 286 cm³/mol. The van der Waals surface area contributed by atoms with Crippen LogP contribution in [0.2, 0.25) is 0 Å². The monoisotopic (exact) mass is 879 g/mol. The summed E-state index contributed by atoms with van der Waals surface area (Å²) in [6.07, 6.45) is 0. The summed E-state index contributed by atoms with van der Waals surface area (Å²) in [5.74, 6) is 1.85. The Balaban J connectivity index is 0.910. The van der Waals surface area contributed by atoms with Crippen molar-refractivity contribution in [3.8, 4) is 89.8 Å². The normalized spacial score (nSPS) is 11.5. The highest BCUT2D eigenvalue weighted by Gasteiger charge is 2.20. The number of nitrogens with zero attached hydrogens (tertiary/aromatic N) is 3. The first-order chi connectivity index (χ1) is 34.2. The summed E-state index contributed by atoms with van der Waals surface area (Å²) in [6, 6.07) is 87.6. The molecule has 69 heavy (non-hydrogen) atoms. The molecule has 322 valence electrons. The fourth-order valence-electron chi connectivity index (χ4n) is 10.2. The van der Waals surface area contributed by atoms with Crippen LogP contribution in [-0.2, 0) is 0 Å². The number of hydrogen-bond acceptors (Lipinski definition) is 4. The summed E-state index contributed by atoms with van der Waals surface area (Å²) in [7, 11) is 0. The minimum atomic E-state index is 0.611. The van der Waals surface area contributed by atoms with Crippen molar-refractivity contribution in [2.45, 2.75) is 0 Å². The lowest BCUT2D eigenvalue weighted by Gasteiger charge is -2.16. The van der Waals surface area contributed by atoms with Crippen molar-refractivity contribution in [3.05, 3.63) is 249 Å². The Morgan fingerprint density at radius 2 is 0.565 bits per heavy atom. The molecule has 0 aliphatic heterocycles. The SMILES string of the molecule is c1ccc(-c2ccccc2-c2nc(-c3ccc(-c4ccc(-c5ccc(-c6cccc7c6oc6ccccc67)c6ccccc56)c5ccccc45)cc3)nc(-c3ccccc3-c3ccccc3)n2)cc1. The highest BCUT2D eigenvalue weighted by molar-refractivity contribution is 6.16. The Kier molecular flexibility index (Phi) is 9.80. The van der Waals surface area contributed by atoms with Gasteiger partial charge < -0.3 is 4.42 Å². The van der Waals surface area contributed by atoms with Crippen LogP contribution in [0, 0.1) is 0 Å². The molecule has 0 atom stereocenters. The molecule has 0 aliphatic rings. The number of hydrogen-bond donors (Lipinski definition) is 0. The second kappa shape index (κ2) is 16.9. The molecule has 0 bridgehead atoms. The highest BCUT2D eigenvalue weighted by Crippen LogP contribution is 2.44. The van der Waals surface area contributed by atoms with E-state index in [9.17, 15) is 0 Å². The summed E-state index contributed by atoms with van der Waals surface area (Å²) >= 11 is 0. The molecule has 11 aromatic carbocycles. The van der Waals surface area contributed by atoms with Gasteiger partial charge >= 0.3 is 0 Å². The zero-order valence-electron chi connectivity index (χ0n) is 37.4. The first-order valence-corrected chi connectivity index (χ1v) is 23.3. The molecule has 0 fully saturated rings. The van der Waals surface area contributed by atoms with Crippen LogP contribution in [0.5, 0.6) is 0 Å². The van der Waals surface area contributed by atoms with Crippen molar-refractivity contribution >= 4 is 43.5 Å². The van der Waals surface area contributed by atoms with Gasteiger partial charge in [-0.1, -0.05) is 243 Å². The number of benzene rings is 11. The van der Waals surface area contributed by atoms with E-state index in [1.165, 1.54) is 32.7 Å². The summed E-state index contributed by atoms with van der Waals surface area (Å²) in [5, 5.41) is 7.01. The zero-order chi connectivity index (χ0) is 45.7. The van der Waals surface area contributed by atoms with E-state index < -0.39 is 0 Å². The standard InChI is InChI=1S/C65H41N3O/c1-3-18-42(19-4-1)46-22-7-13-29-59(46)64-66-63(67-65(68-64)60-30-14-8-23-47(60)43-20-5-2-6-21-43)45-36-34-44(35-37-45)48-38-39-53(50-25-10-9-24-49(48)50)54-40-41-55(52-27-12-11-26-51(52)54)57-31-17-32-58-56-28-15-16-33-61(56)69-62(57)58/h1-41H. The van der Waals surface area contributed by atoms with E-state index in [0.29, 0.717) is 17.5 Å². The topological polar surface area (TPSA) is 51.8 Å². The Bertz CT molecular complexity index is 3960. The smallest absolute Gasteiger partial charge is 0.164 e. The van der Waals surface area contributed by atoms with Gasteiger partial charge in [0, 0.05) is 33.0 Å². The van der Waals surface area contributed by atoms with Crippen molar-refractivity contribution in [2.24, 2.45) is 0 Å². The second-order valence-electron chi connectivity index (χ2n) is 17.4. The summed E-state index contributed by atoms with van der Waals surface area (Å²) in [5.41, 5.74) is 15.8. The zero-order valence-corrected chi connectivity index (χ0v) is 37.4. The van der Waals surface area contributed by atoms with E-state index in [0.717, 1.165) is 83.1 Å². The number of rotatable bonds is 8. The lowest BCUT2D eigenvalue weighted by atomic mass is 9.87. The van der Waals surface area contributed by atoms with Crippen molar-refractivity contribution in [1.29, 1.82) is 0 Å². The quantitative estimate of drug-likeness (QED) is 0.153. The van der Waals surface area contributed by atoms with E-state index in [-0.39, 0.29) is 0 Å². The van der Waals surface area contributed by atoms with Crippen LogP contribution in [0.3, 0.4) is 0 Å². The van der Waals surface area contributed by atoms with Gasteiger partial charge in [0.1, 0.15) is 11.2 Å². The molecular weight excluding hydrogens is 839 g/mol. The molecule has 0 saturated carbocycles. The molecule has 0 N–H and O–H groups in total. The molecule has 13 rings (SSSR count). The van der Waals surface area contributed by atoms with Crippen LogP contribution < -0.4 is 0 Å². The van der Waals surface area contributed by atoms with Crippen LogP contribution >= 0.6 is 0 Å². The first-order valence-electron chi connectivity index (χ1n) is 23.3. The Morgan fingerprint density at radius 3 is 1.12 bits per heavy atom. The number of fused-ring (bicyclic) bond motifs is 5. The molecule has 4 heteroatoms. The maximum atomic E-state index is 6.52. The average molecular weight is 880 g/mol. The Morgan fingerprint density at radius 1 is 0.203 bits per heavy atom. The Hall–Kier alpha value is -9.25. The number of aromatic nitrogens is 3. The molecular formula is C65H41N3O. The van der Waals surface area contributed by atoms with Crippen molar-refractivity contribution in [1.82, 2.24) is 15.0 Å². The van der Waals surface area contributed by atoms with E-state index in [4.69, 9.17) is 19.4 Å². The highest BCUT2D eigenvalue weighted by atomic mass is 16.3. The summed E-state index contributed by atoms with van der Waals surface area (Å²) < 4.78 is 6.52. The van der Waals surface area contributed by atoms with Gasteiger partial charge in [-0.2, -0.15) is 0 Å². The van der Waals surface area contributed by atoms with Crippen LogP contribution in [-0.4, -0.2) is 15.0 Å². The molecule has 0 saturated heterocycles. The van der Waals surface area contributed by atoms with Crippen LogP contribution in [0.1, 0.15) is 0 Å². The third-order valence-electron chi connectivity index (χ3n) is 13.4. The van der Waals surface area contributed by atoms with Gasteiger partial charge in [-0.15, -0.1) is 0 Å². The van der Waals surface area contributed by atoms with Crippen molar-refractivity contribution in [3.63, 3.8) is 0 Å². The number of furan rings is 1. The minimum absolute atomic E-state index is 0.611. The third kappa shape index (κ3) is 7.06. The van der Waals surface area contributed by atoms with E-state index in [2.05, 4.69) is 224 Å². The van der Waals surface area contributed by atoms with E-state index >= 15 is 0 Å². The van der Waals surface area contributed by atoms with Gasteiger partial charge in [-0.05, 0) is 77.7 Å². The molecule has 0 unspecified atom stereocenters.